The van der Waals surface area contributed by atoms with E-state index in [1.165, 1.54) is 6.07 Å². The number of halogens is 2. The summed E-state index contributed by atoms with van der Waals surface area (Å²) in [5.41, 5.74) is 5.44. The van der Waals surface area contributed by atoms with Crippen molar-refractivity contribution >= 4 is 52.5 Å². The highest BCUT2D eigenvalue weighted by Gasteiger charge is 2.10. The number of hydrazone groups is 1. The molecule has 7 heteroatoms. The highest BCUT2D eigenvalue weighted by molar-refractivity contribution is 6.36. The van der Waals surface area contributed by atoms with Gasteiger partial charge in [0.05, 0.1) is 16.4 Å². The minimum absolute atomic E-state index is 0.0131. The smallest absolute Gasteiger partial charge is 0.240 e. The van der Waals surface area contributed by atoms with Crippen molar-refractivity contribution in [3.63, 3.8) is 0 Å². The highest BCUT2D eigenvalue weighted by atomic mass is 35.5. The third-order valence-corrected chi connectivity index (χ3v) is 4.94. The first-order chi connectivity index (χ1) is 15.5. The predicted molar refractivity (Wildman–Crippen MR) is 131 cm³/mol. The van der Waals surface area contributed by atoms with Gasteiger partial charge >= 0.3 is 0 Å². The lowest BCUT2D eigenvalue weighted by molar-refractivity contribution is -0.124. The molecule has 0 aliphatic carbocycles. The molecular weight excluding hydrogens is 445 g/mol. The van der Waals surface area contributed by atoms with Crippen molar-refractivity contribution in [2.24, 2.45) is 5.10 Å². The zero-order chi connectivity index (χ0) is 22.8. The minimum atomic E-state index is -0.371. The number of carbonyl (C=O) groups excluding carboxylic acids is 2. The molecule has 0 saturated heterocycles. The first kappa shape index (κ1) is 23.3. The number of nitrogens with zero attached hydrogens (tertiary/aromatic N) is 1. The molecule has 0 aliphatic heterocycles. The average Bonchev–Trinajstić information content (AvgIpc) is 2.81. The number of hydrogen-bond donors (Lipinski definition) is 2. The molecule has 0 aromatic heterocycles. The van der Waals surface area contributed by atoms with Gasteiger partial charge in [-0.05, 0) is 29.8 Å². The zero-order valence-corrected chi connectivity index (χ0v) is 18.6. The van der Waals surface area contributed by atoms with Crippen LogP contribution in [-0.2, 0) is 9.59 Å². The summed E-state index contributed by atoms with van der Waals surface area (Å²) in [5, 5.41) is 7.73. The predicted octanol–water partition coefficient (Wildman–Crippen LogP) is 5.95. The van der Waals surface area contributed by atoms with Gasteiger partial charge in [0, 0.05) is 23.4 Å². The number of amides is 2. The van der Waals surface area contributed by atoms with Crippen molar-refractivity contribution < 1.29 is 9.59 Å². The summed E-state index contributed by atoms with van der Waals surface area (Å²) in [6.45, 7) is 0. The molecule has 3 rings (SSSR count). The summed E-state index contributed by atoms with van der Waals surface area (Å²) in [4.78, 5) is 24.4. The Kier molecular flexibility index (Phi) is 8.61. The molecule has 0 radical (unpaired) electrons. The Hall–Kier alpha value is -3.41. The van der Waals surface area contributed by atoms with Crippen molar-refractivity contribution in [2.45, 2.75) is 12.8 Å². The van der Waals surface area contributed by atoms with Crippen molar-refractivity contribution in [1.82, 2.24) is 5.43 Å². The second-order valence-corrected chi connectivity index (χ2v) is 7.66. The molecule has 0 atom stereocenters. The van der Waals surface area contributed by atoms with Gasteiger partial charge in [-0.1, -0.05) is 89.9 Å². The van der Waals surface area contributed by atoms with Crippen molar-refractivity contribution in [3.05, 3.63) is 106 Å². The number of carbonyl (C=O) groups is 2. The van der Waals surface area contributed by atoms with Gasteiger partial charge in [-0.2, -0.15) is 5.10 Å². The Bertz CT molecular complexity index is 1130. The molecule has 32 heavy (non-hydrogen) atoms. The van der Waals surface area contributed by atoms with Crippen molar-refractivity contribution in [1.29, 1.82) is 0 Å². The van der Waals surface area contributed by atoms with Gasteiger partial charge in [-0.3, -0.25) is 9.59 Å². The Morgan fingerprint density at radius 1 is 0.844 bits per heavy atom. The Balaban J connectivity index is 1.60. The summed E-state index contributed by atoms with van der Waals surface area (Å²) >= 11 is 11.9. The highest BCUT2D eigenvalue weighted by Crippen LogP contribution is 2.25. The molecular formula is C25H21Cl2N3O2. The zero-order valence-electron chi connectivity index (χ0n) is 17.1. The van der Waals surface area contributed by atoms with E-state index in [9.17, 15) is 9.59 Å². The van der Waals surface area contributed by atoms with Crippen LogP contribution in [0.1, 0.15) is 24.0 Å². The SMILES string of the molecule is O=C(CCC(=O)Nc1ccc(Cl)cc1Cl)NN=C(C=Cc1ccccc1)c1ccccc1. The second kappa shape index (κ2) is 11.8. The van der Waals surface area contributed by atoms with E-state index in [0.29, 0.717) is 21.4 Å². The topological polar surface area (TPSA) is 70.6 Å². The first-order valence-corrected chi connectivity index (χ1v) is 10.7. The number of anilines is 1. The number of rotatable bonds is 8. The molecule has 0 bridgehead atoms. The maximum Gasteiger partial charge on any atom is 0.240 e. The van der Waals surface area contributed by atoms with Gasteiger partial charge < -0.3 is 5.32 Å². The Morgan fingerprint density at radius 2 is 1.50 bits per heavy atom. The number of nitrogens with one attached hydrogen (secondary N) is 2. The largest absolute Gasteiger partial charge is 0.325 e. The molecule has 0 aliphatic rings. The maximum atomic E-state index is 12.3. The summed E-state index contributed by atoms with van der Waals surface area (Å²) in [5.74, 6) is -0.704. The monoisotopic (exact) mass is 465 g/mol. The summed E-state index contributed by atoms with van der Waals surface area (Å²) in [7, 11) is 0. The lowest BCUT2D eigenvalue weighted by atomic mass is 10.1. The van der Waals surface area contributed by atoms with Gasteiger partial charge in [-0.15, -0.1) is 0 Å². The van der Waals surface area contributed by atoms with Crippen LogP contribution in [0.3, 0.4) is 0 Å². The van der Waals surface area contributed by atoms with E-state index >= 15 is 0 Å². The maximum absolute atomic E-state index is 12.3. The van der Waals surface area contributed by atoms with E-state index in [2.05, 4.69) is 15.8 Å². The van der Waals surface area contributed by atoms with E-state index in [1.54, 1.807) is 12.1 Å². The number of hydrogen-bond acceptors (Lipinski definition) is 3. The van der Waals surface area contributed by atoms with Crippen LogP contribution in [0.25, 0.3) is 6.08 Å². The lowest BCUT2D eigenvalue weighted by Crippen LogP contribution is -2.22. The standard InChI is InChI=1S/C25H21Cl2N3O2/c26-20-12-14-23(21(27)17-20)28-24(31)15-16-25(32)30-29-22(19-9-5-2-6-10-19)13-11-18-7-3-1-4-8-18/h1-14,17H,15-16H2,(H,28,31)(H,30,32). The minimum Gasteiger partial charge on any atom is -0.325 e. The first-order valence-electron chi connectivity index (χ1n) is 9.91. The molecule has 0 spiro atoms. The number of benzene rings is 3. The van der Waals surface area contributed by atoms with Gasteiger partial charge in [0.25, 0.3) is 0 Å². The molecule has 0 fully saturated rings. The summed E-state index contributed by atoms with van der Waals surface area (Å²) in [6.07, 6.45) is 3.72. The van der Waals surface area contributed by atoms with Crippen molar-refractivity contribution in [3.8, 4) is 0 Å². The van der Waals surface area contributed by atoms with Crippen LogP contribution in [0.2, 0.25) is 10.0 Å². The molecule has 3 aromatic rings. The third-order valence-electron chi connectivity index (χ3n) is 4.39. The van der Waals surface area contributed by atoms with Crippen LogP contribution in [0, 0.1) is 0 Å². The van der Waals surface area contributed by atoms with Gasteiger partial charge in [0.15, 0.2) is 0 Å². The third kappa shape index (κ3) is 7.38. The molecule has 0 heterocycles. The van der Waals surface area contributed by atoms with E-state index < -0.39 is 0 Å². The van der Waals surface area contributed by atoms with Gasteiger partial charge in [0.2, 0.25) is 11.8 Å². The van der Waals surface area contributed by atoms with E-state index in [-0.39, 0.29) is 24.7 Å². The molecule has 3 aromatic carbocycles. The second-order valence-electron chi connectivity index (χ2n) is 6.81. The summed E-state index contributed by atoms with van der Waals surface area (Å²) < 4.78 is 0. The van der Waals surface area contributed by atoms with Crippen LogP contribution in [0.5, 0.6) is 0 Å². The van der Waals surface area contributed by atoms with Crippen LogP contribution < -0.4 is 10.7 Å². The lowest BCUT2D eigenvalue weighted by Gasteiger charge is -2.07. The van der Waals surface area contributed by atoms with Crippen LogP contribution in [0.15, 0.2) is 90.0 Å². The molecule has 5 nitrogen and oxygen atoms in total. The Morgan fingerprint density at radius 3 is 2.19 bits per heavy atom. The summed E-state index contributed by atoms with van der Waals surface area (Å²) in [6, 6.07) is 24.1. The van der Waals surface area contributed by atoms with E-state index in [4.69, 9.17) is 23.2 Å². The fourth-order valence-electron chi connectivity index (χ4n) is 2.76. The fraction of sp³-hybridized carbons (Fsp3) is 0.0800. The Labute approximate surface area is 196 Å². The fourth-order valence-corrected chi connectivity index (χ4v) is 3.21. The number of allylic oxidation sites excluding steroid dienone is 1. The van der Waals surface area contributed by atoms with Crippen molar-refractivity contribution in [2.75, 3.05) is 5.32 Å². The molecule has 0 saturated carbocycles. The molecule has 2 amide bonds. The van der Waals surface area contributed by atoms with Gasteiger partial charge in [0.1, 0.15) is 0 Å². The van der Waals surface area contributed by atoms with E-state index in [0.717, 1.165) is 11.1 Å². The van der Waals surface area contributed by atoms with Crippen LogP contribution >= 0.6 is 23.2 Å². The van der Waals surface area contributed by atoms with Crippen LogP contribution in [0.4, 0.5) is 5.69 Å². The molecule has 0 unspecified atom stereocenters. The quantitative estimate of drug-likeness (QED) is 0.318. The normalized spacial score (nSPS) is 11.4. The molecule has 162 valence electrons. The van der Waals surface area contributed by atoms with Crippen LogP contribution in [-0.4, -0.2) is 17.5 Å². The van der Waals surface area contributed by atoms with E-state index in [1.807, 2.05) is 72.8 Å². The average molecular weight is 466 g/mol. The molecule has 2 N–H and O–H groups in total. The van der Waals surface area contributed by atoms with Gasteiger partial charge in [-0.25, -0.2) is 5.43 Å².